The fourth-order valence-corrected chi connectivity index (χ4v) is 1.84. The summed E-state index contributed by atoms with van der Waals surface area (Å²) in [6.45, 7) is 5.12. The van der Waals surface area contributed by atoms with Gasteiger partial charge in [-0.15, -0.1) is 0 Å². The van der Waals surface area contributed by atoms with Crippen molar-refractivity contribution in [2.75, 3.05) is 24.5 Å². The van der Waals surface area contributed by atoms with Crippen molar-refractivity contribution in [1.29, 1.82) is 5.26 Å². The number of nitrogens with zero attached hydrogens (tertiary/aromatic N) is 3. The average molecular weight is 202 g/mol. The molecular weight excluding hydrogens is 188 g/mol. The van der Waals surface area contributed by atoms with E-state index in [2.05, 4.69) is 28.2 Å². The summed E-state index contributed by atoms with van der Waals surface area (Å²) in [6, 6.07) is 6.36. The van der Waals surface area contributed by atoms with Gasteiger partial charge in [-0.1, -0.05) is 0 Å². The first kappa shape index (κ1) is 9.94. The Bertz CT molecular complexity index is 382. The van der Waals surface area contributed by atoms with Crippen LogP contribution in [0, 0.1) is 11.3 Å². The number of rotatable bonds is 1. The Morgan fingerprint density at radius 2 is 2.53 bits per heavy atom. The maximum Gasteiger partial charge on any atom is 0.142 e. The third kappa shape index (κ3) is 2.25. The summed E-state index contributed by atoms with van der Waals surface area (Å²) >= 11 is 0. The van der Waals surface area contributed by atoms with Gasteiger partial charge in [0.15, 0.2) is 0 Å². The van der Waals surface area contributed by atoms with Crippen molar-refractivity contribution in [1.82, 2.24) is 10.3 Å². The molecule has 0 radical (unpaired) electrons. The van der Waals surface area contributed by atoms with E-state index in [1.165, 1.54) is 0 Å². The van der Waals surface area contributed by atoms with Crippen LogP contribution in [0.4, 0.5) is 5.69 Å². The van der Waals surface area contributed by atoms with Crippen LogP contribution in [0.1, 0.15) is 12.6 Å². The second-order valence-electron chi connectivity index (χ2n) is 3.81. The van der Waals surface area contributed by atoms with Crippen molar-refractivity contribution in [2.24, 2.45) is 0 Å². The average Bonchev–Trinajstić information content (AvgIpc) is 2.29. The molecule has 4 heteroatoms. The number of anilines is 1. The van der Waals surface area contributed by atoms with Gasteiger partial charge < -0.3 is 10.2 Å². The fraction of sp³-hybridized carbons (Fsp3) is 0.455. The van der Waals surface area contributed by atoms with Gasteiger partial charge in [0.2, 0.25) is 0 Å². The maximum atomic E-state index is 8.77. The number of piperazine rings is 1. The molecule has 0 saturated carbocycles. The molecule has 4 nitrogen and oxygen atoms in total. The number of hydrogen-bond donors (Lipinski definition) is 1. The Morgan fingerprint density at radius 3 is 3.27 bits per heavy atom. The molecule has 2 rings (SSSR count). The topological polar surface area (TPSA) is 52.0 Å². The number of hydrogen-bond acceptors (Lipinski definition) is 4. The standard InChI is InChI=1S/C11H14N4/c1-9-8-15(5-4-13-9)11-2-3-14-10(6-11)7-12/h2-3,6,9,13H,4-5,8H2,1H3/t9-/m0/s1. The molecule has 0 unspecified atom stereocenters. The van der Waals surface area contributed by atoms with Crippen molar-refractivity contribution < 1.29 is 0 Å². The summed E-state index contributed by atoms with van der Waals surface area (Å²) in [5.41, 5.74) is 1.58. The fourth-order valence-electron chi connectivity index (χ4n) is 1.84. The maximum absolute atomic E-state index is 8.77. The number of pyridine rings is 1. The first-order valence-corrected chi connectivity index (χ1v) is 5.14. The van der Waals surface area contributed by atoms with Crippen LogP contribution in [0.15, 0.2) is 18.3 Å². The van der Waals surface area contributed by atoms with E-state index in [1.54, 1.807) is 6.20 Å². The van der Waals surface area contributed by atoms with E-state index < -0.39 is 0 Å². The molecule has 1 saturated heterocycles. The van der Waals surface area contributed by atoms with Crippen LogP contribution in [0.3, 0.4) is 0 Å². The molecule has 15 heavy (non-hydrogen) atoms. The normalized spacial score (nSPS) is 21.1. The quantitative estimate of drug-likeness (QED) is 0.730. The lowest BCUT2D eigenvalue weighted by atomic mass is 10.2. The summed E-state index contributed by atoms with van der Waals surface area (Å²) in [4.78, 5) is 6.25. The Kier molecular flexibility index (Phi) is 2.84. The van der Waals surface area contributed by atoms with Crippen LogP contribution in [-0.4, -0.2) is 30.7 Å². The Morgan fingerprint density at radius 1 is 1.67 bits per heavy atom. The lowest BCUT2D eigenvalue weighted by Crippen LogP contribution is -2.49. The van der Waals surface area contributed by atoms with E-state index in [0.717, 1.165) is 25.3 Å². The van der Waals surface area contributed by atoms with Gasteiger partial charge in [-0.2, -0.15) is 5.26 Å². The van der Waals surface area contributed by atoms with Crippen molar-refractivity contribution in [3.8, 4) is 6.07 Å². The zero-order valence-corrected chi connectivity index (χ0v) is 8.77. The smallest absolute Gasteiger partial charge is 0.142 e. The third-order valence-electron chi connectivity index (χ3n) is 2.59. The van der Waals surface area contributed by atoms with Gasteiger partial charge in [0.25, 0.3) is 0 Å². The van der Waals surface area contributed by atoms with Gasteiger partial charge in [0.05, 0.1) is 0 Å². The highest BCUT2D eigenvalue weighted by molar-refractivity contribution is 5.49. The Balaban J connectivity index is 2.18. The van der Waals surface area contributed by atoms with Crippen LogP contribution in [0.25, 0.3) is 0 Å². The molecule has 1 aromatic heterocycles. The minimum atomic E-state index is 0.485. The van der Waals surface area contributed by atoms with Crippen LogP contribution < -0.4 is 10.2 Å². The molecule has 0 aromatic carbocycles. The predicted octanol–water partition coefficient (Wildman–Crippen LogP) is 0.751. The van der Waals surface area contributed by atoms with E-state index >= 15 is 0 Å². The van der Waals surface area contributed by atoms with Gasteiger partial charge in [-0.3, -0.25) is 0 Å². The molecule has 1 aliphatic heterocycles. The van der Waals surface area contributed by atoms with Crippen molar-refractivity contribution in [3.05, 3.63) is 24.0 Å². The summed E-state index contributed by atoms with van der Waals surface area (Å²) in [7, 11) is 0. The molecule has 1 aromatic rings. The number of nitriles is 1. The second kappa shape index (κ2) is 4.28. The monoisotopic (exact) mass is 202 g/mol. The van der Waals surface area contributed by atoms with Crippen LogP contribution in [0.2, 0.25) is 0 Å². The zero-order chi connectivity index (χ0) is 10.7. The largest absolute Gasteiger partial charge is 0.369 e. The molecule has 2 heterocycles. The van der Waals surface area contributed by atoms with Crippen LogP contribution in [0.5, 0.6) is 0 Å². The van der Waals surface area contributed by atoms with E-state index in [4.69, 9.17) is 5.26 Å². The van der Waals surface area contributed by atoms with Crippen molar-refractivity contribution in [2.45, 2.75) is 13.0 Å². The Hall–Kier alpha value is -1.60. The minimum absolute atomic E-state index is 0.485. The molecule has 0 bridgehead atoms. The van der Waals surface area contributed by atoms with E-state index in [-0.39, 0.29) is 0 Å². The van der Waals surface area contributed by atoms with Gasteiger partial charge in [-0.25, -0.2) is 4.98 Å². The molecule has 0 spiro atoms. The van der Waals surface area contributed by atoms with Crippen molar-refractivity contribution in [3.63, 3.8) is 0 Å². The molecule has 0 amide bonds. The van der Waals surface area contributed by atoms with Gasteiger partial charge in [0, 0.05) is 37.6 Å². The van der Waals surface area contributed by atoms with Crippen LogP contribution in [-0.2, 0) is 0 Å². The molecule has 78 valence electrons. The van der Waals surface area contributed by atoms with Gasteiger partial charge >= 0.3 is 0 Å². The molecule has 1 atom stereocenters. The molecular formula is C11H14N4. The van der Waals surface area contributed by atoms with Gasteiger partial charge in [0.1, 0.15) is 11.8 Å². The first-order valence-electron chi connectivity index (χ1n) is 5.14. The third-order valence-corrected chi connectivity index (χ3v) is 2.59. The van der Waals surface area contributed by atoms with Crippen LogP contribution >= 0.6 is 0 Å². The molecule has 1 fully saturated rings. The van der Waals surface area contributed by atoms with E-state index in [9.17, 15) is 0 Å². The van der Waals surface area contributed by atoms with E-state index in [1.807, 2.05) is 12.1 Å². The summed E-state index contributed by atoms with van der Waals surface area (Å²) in [5.74, 6) is 0. The molecule has 1 aliphatic rings. The SMILES string of the molecule is C[C@H]1CN(c2ccnc(C#N)c2)CCN1. The summed E-state index contributed by atoms with van der Waals surface area (Å²) < 4.78 is 0. The number of aromatic nitrogens is 1. The first-order chi connectivity index (χ1) is 7.29. The second-order valence-corrected chi connectivity index (χ2v) is 3.81. The van der Waals surface area contributed by atoms with Gasteiger partial charge in [-0.05, 0) is 19.1 Å². The summed E-state index contributed by atoms with van der Waals surface area (Å²) in [6.07, 6.45) is 1.70. The predicted molar refractivity (Wildman–Crippen MR) is 58.6 cm³/mol. The molecule has 1 N–H and O–H groups in total. The highest BCUT2D eigenvalue weighted by Crippen LogP contribution is 2.15. The summed E-state index contributed by atoms with van der Waals surface area (Å²) in [5, 5.41) is 12.2. The Labute approximate surface area is 89.5 Å². The van der Waals surface area contributed by atoms with E-state index in [0.29, 0.717) is 11.7 Å². The highest BCUT2D eigenvalue weighted by atomic mass is 15.2. The highest BCUT2D eigenvalue weighted by Gasteiger charge is 2.15. The van der Waals surface area contributed by atoms with Crippen molar-refractivity contribution >= 4 is 5.69 Å². The lowest BCUT2D eigenvalue weighted by Gasteiger charge is -2.33. The molecule has 0 aliphatic carbocycles. The minimum Gasteiger partial charge on any atom is -0.369 e. The zero-order valence-electron chi connectivity index (χ0n) is 8.77. The number of nitrogens with one attached hydrogen (secondary N) is 1. The lowest BCUT2D eigenvalue weighted by molar-refractivity contribution is 0.485.